The molecule has 0 atom stereocenters. The summed E-state index contributed by atoms with van der Waals surface area (Å²) < 4.78 is 1.81. The highest BCUT2D eigenvalue weighted by molar-refractivity contribution is 7.80. The molecule has 0 amide bonds. The van der Waals surface area contributed by atoms with E-state index in [1.54, 1.807) is 0 Å². The molecule has 0 spiro atoms. The lowest BCUT2D eigenvalue weighted by atomic mass is 10.1. The molecule has 20 heavy (non-hydrogen) atoms. The molecule has 4 heteroatoms. The Morgan fingerprint density at radius 3 is 2.50 bits per heavy atom. The van der Waals surface area contributed by atoms with Gasteiger partial charge in [0.25, 0.3) is 0 Å². The highest BCUT2D eigenvalue weighted by atomic mass is 32.1. The maximum absolute atomic E-state index is 4.78. The monoisotopic (exact) mass is 283 g/mol. The van der Waals surface area contributed by atoms with Crippen molar-refractivity contribution in [2.45, 2.75) is 31.7 Å². The third-order valence-corrected chi connectivity index (χ3v) is 3.74. The molecule has 1 aromatic carbocycles. The van der Waals surface area contributed by atoms with Crippen molar-refractivity contribution in [3.8, 4) is 11.1 Å². The Balaban J connectivity index is 2.34. The van der Waals surface area contributed by atoms with Gasteiger partial charge in [-0.05, 0) is 24.5 Å². The van der Waals surface area contributed by atoms with Gasteiger partial charge in [0.05, 0.1) is 10.7 Å². The van der Waals surface area contributed by atoms with Gasteiger partial charge in [-0.15, -0.1) is 12.6 Å². The summed E-state index contributed by atoms with van der Waals surface area (Å²) in [7, 11) is 0. The van der Waals surface area contributed by atoms with Crippen LogP contribution in [0, 0.1) is 6.92 Å². The SMILES string of the molecule is Cc1nn2c(S)cc(C(C)C)nc2c1-c1ccccc1. The first kappa shape index (κ1) is 13.2. The zero-order chi connectivity index (χ0) is 14.3. The fourth-order valence-corrected chi connectivity index (χ4v) is 2.64. The Bertz CT molecular complexity index is 760. The normalized spacial score (nSPS) is 11.4. The molecular formula is C16H17N3S. The van der Waals surface area contributed by atoms with Crippen LogP contribution in [-0.2, 0) is 0 Å². The minimum atomic E-state index is 0.365. The fraction of sp³-hybridized carbons (Fsp3) is 0.250. The van der Waals surface area contributed by atoms with E-state index >= 15 is 0 Å². The lowest BCUT2D eigenvalue weighted by Gasteiger charge is -2.07. The molecule has 0 saturated carbocycles. The maximum Gasteiger partial charge on any atom is 0.164 e. The van der Waals surface area contributed by atoms with Gasteiger partial charge in [-0.2, -0.15) is 5.10 Å². The number of rotatable bonds is 2. The molecule has 0 aliphatic carbocycles. The van der Waals surface area contributed by atoms with Gasteiger partial charge in [-0.1, -0.05) is 44.2 Å². The van der Waals surface area contributed by atoms with Crippen molar-refractivity contribution < 1.29 is 0 Å². The van der Waals surface area contributed by atoms with E-state index in [2.05, 4.69) is 43.7 Å². The molecule has 2 heterocycles. The van der Waals surface area contributed by atoms with Crippen molar-refractivity contribution in [1.82, 2.24) is 14.6 Å². The first-order valence-electron chi connectivity index (χ1n) is 6.72. The van der Waals surface area contributed by atoms with E-state index in [4.69, 9.17) is 4.98 Å². The predicted octanol–water partition coefficient (Wildman–Crippen LogP) is 4.12. The molecule has 3 aromatic rings. The third kappa shape index (κ3) is 2.10. The Morgan fingerprint density at radius 1 is 1.15 bits per heavy atom. The summed E-state index contributed by atoms with van der Waals surface area (Å²) in [5, 5.41) is 5.39. The molecule has 0 bridgehead atoms. The van der Waals surface area contributed by atoms with Crippen molar-refractivity contribution in [3.05, 3.63) is 47.8 Å². The first-order chi connectivity index (χ1) is 9.58. The van der Waals surface area contributed by atoms with Crippen LogP contribution in [0.15, 0.2) is 41.4 Å². The Hall–Kier alpha value is -1.81. The number of benzene rings is 1. The van der Waals surface area contributed by atoms with Crippen LogP contribution in [0.1, 0.15) is 31.2 Å². The van der Waals surface area contributed by atoms with Gasteiger partial charge in [0.2, 0.25) is 0 Å². The second kappa shape index (κ2) is 4.94. The summed E-state index contributed by atoms with van der Waals surface area (Å²) in [5.41, 5.74) is 5.12. The van der Waals surface area contributed by atoms with Crippen LogP contribution in [0.2, 0.25) is 0 Å². The molecule has 2 aromatic heterocycles. The number of aromatic nitrogens is 3. The van der Waals surface area contributed by atoms with E-state index in [-0.39, 0.29) is 0 Å². The summed E-state index contributed by atoms with van der Waals surface area (Å²) in [6, 6.07) is 12.2. The van der Waals surface area contributed by atoms with E-state index in [1.165, 1.54) is 0 Å². The summed E-state index contributed by atoms with van der Waals surface area (Å²) in [5.74, 6) is 0.365. The van der Waals surface area contributed by atoms with Crippen molar-refractivity contribution in [2.75, 3.05) is 0 Å². The molecular weight excluding hydrogens is 266 g/mol. The number of fused-ring (bicyclic) bond motifs is 1. The van der Waals surface area contributed by atoms with Crippen LogP contribution < -0.4 is 0 Å². The second-order valence-corrected chi connectivity index (χ2v) is 5.71. The summed E-state index contributed by atoms with van der Waals surface area (Å²) in [4.78, 5) is 4.78. The maximum atomic E-state index is 4.78. The smallest absolute Gasteiger partial charge is 0.164 e. The summed E-state index contributed by atoms with van der Waals surface area (Å²) in [6.45, 7) is 6.29. The van der Waals surface area contributed by atoms with Crippen molar-refractivity contribution in [3.63, 3.8) is 0 Å². The van der Waals surface area contributed by atoms with Gasteiger partial charge in [0.1, 0.15) is 0 Å². The van der Waals surface area contributed by atoms with E-state index in [9.17, 15) is 0 Å². The summed E-state index contributed by atoms with van der Waals surface area (Å²) in [6.07, 6.45) is 0. The molecule has 0 N–H and O–H groups in total. The Morgan fingerprint density at radius 2 is 1.85 bits per heavy atom. The van der Waals surface area contributed by atoms with Crippen LogP contribution in [0.3, 0.4) is 0 Å². The standard InChI is InChI=1S/C16H17N3S/c1-10(2)13-9-14(20)19-16(17-13)15(11(3)18-19)12-7-5-4-6-8-12/h4-10,20H,1-3H3. The van der Waals surface area contributed by atoms with E-state index in [1.807, 2.05) is 35.7 Å². The summed E-state index contributed by atoms with van der Waals surface area (Å²) >= 11 is 4.55. The van der Waals surface area contributed by atoms with Crippen molar-refractivity contribution >= 4 is 18.3 Å². The van der Waals surface area contributed by atoms with Gasteiger partial charge < -0.3 is 0 Å². The molecule has 102 valence electrons. The Kier molecular flexibility index (Phi) is 3.26. The van der Waals surface area contributed by atoms with Crippen LogP contribution in [0.25, 0.3) is 16.8 Å². The molecule has 0 radical (unpaired) electrons. The zero-order valence-corrected chi connectivity index (χ0v) is 12.7. The number of hydrogen-bond acceptors (Lipinski definition) is 3. The van der Waals surface area contributed by atoms with Crippen LogP contribution >= 0.6 is 12.6 Å². The van der Waals surface area contributed by atoms with Gasteiger partial charge in [-0.25, -0.2) is 9.50 Å². The molecule has 0 fully saturated rings. The number of nitrogens with zero attached hydrogens (tertiary/aromatic N) is 3. The van der Waals surface area contributed by atoms with Crippen LogP contribution in [0.4, 0.5) is 0 Å². The van der Waals surface area contributed by atoms with Crippen LogP contribution in [-0.4, -0.2) is 14.6 Å². The minimum Gasteiger partial charge on any atom is -0.233 e. The largest absolute Gasteiger partial charge is 0.233 e. The first-order valence-corrected chi connectivity index (χ1v) is 7.17. The zero-order valence-electron chi connectivity index (χ0n) is 11.8. The fourth-order valence-electron chi connectivity index (χ4n) is 2.36. The highest BCUT2D eigenvalue weighted by Gasteiger charge is 2.16. The topological polar surface area (TPSA) is 30.2 Å². The molecule has 0 unspecified atom stereocenters. The van der Waals surface area contributed by atoms with Crippen LogP contribution in [0.5, 0.6) is 0 Å². The van der Waals surface area contributed by atoms with E-state index in [0.717, 1.165) is 33.2 Å². The third-order valence-electron chi connectivity index (χ3n) is 3.42. The lowest BCUT2D eigenvalue weighted by molar-refractivity contribution is 0.770. The van der Waals surface area contributed by atoms with Gasteiger partial charge in [-0.3, -0.25) is 0 Å². The minimum absolute atomic E-state index is 0.365. The number of aryl methyl sites for hydroxylation is 1. The average molecular weight is 283 g/mol. The van der Waals surface area contributed by atoms with Crippen molar-refractivity contribution in [2.24, 2.45) is 0 Å². The van der Waals surface area contributed by atoms with Gasteiger partial charge in [0, 0.05) is 11.3 Å². The molecule has 0 saturated heterocycles. The molecule has 0 aliphatic rings. The number of hydrogen-bond donors (Lipinski definition) is 1. The van der Waals surface area contributed by atoms with E-state index in [0.29, 0.717) is 5.92 Å². The second-order valence-electron chi connectivity index (χ2n) is 5.26. The molecule has 0 aliphatic heterocycles. The van der Waals surface area contributed by atoms with Crippen molar-refractivity contribution in [1.29, 1.82) is 0 Å². The quantitative estimate of drug-likeness (QED) is 0.566. The highest BCUT2D eigenvalue weighted by Crippen LogP contribution is 2.29. The average Bonchev–Trinajstić information content (AvgIpc) is 2.76. The van der Waals surface area contributed by atoms with Gasteiger partial charge >= 0.3 is 0 Å². The Labute approximate surface area is 124 Å². The van der Waals surface area contributed by atoms with E-state index < -0.39 is 0 Å². The lowest BCUT2D eigenvalue weighted by Crippen LogP contribution is -2.00. The van der Waals surface area contributed by atoms with Gasteiger partial charge in [0.15, 0.2) is 5.65 Å². The predicted molar refractivity (Wildman–Crippen MR) is 84.5 cm³/mol. The molecule has 3 nitrogen and oxygen atoms in total. The number of thiol groups is 1. The molecule has 3 rings (SSSR count).